The summed E-state index contributed by atoms with van der Waals surface area (Å²) in [5.41, 5.74) is 4.15. The molecular weight excluding hydrogens is 204 g/mol. The largest absolute Gasteiger partial charge is 0.419 e. The minimum absolute atomic E-state index is 0.246. The number of hydrogen-bond donors (Lipinski definition) is 1. The minimum atomic E-state index is -0.246. The average Bonchev–Trinajstić information content (AvgIpc) is 2.65. The molecule has 0 radical (unpaired) electrons. The monoisotopic (exact) mass is 218 g/mol. The van der Waals surface area contributed by atoms with E-state index in [9.17, 15) is 4.79 Å². The fourth-order valence-corrected chi connectivity index (χ4v) is 2.40. The fourth-order valence-electron chi connectivity index (χ4n) is 2.40. The van der Waals surface area contributed by atoms with E-state index in [1.165, 1.54) is 11.1 Å². The molecule has 3 rings (SSSR count). The van der Waals surface area contributed by atoms with Gasteiger partial charge in [0.25, 0.3) is 0 Å². The molecule has 2 aromatic rings. The Hall–Kier alpha value is -1.55. The van der Waals surface area contributed by atoms with E-state index >= 15 is 0 Å². The Labute approximate surface area is 92.9 Å². The van der Waals surface area contributed by atoms with Gasteiger partial charge in [-0.15, -0.1) is 0 Å². The van der Waals surface area contributed by atoms with Crippen molar-refractivity contribution in [2.45, 2.75) is 26.4 Å². The zero-order valence-corrected chi connectivity index (χ0v) is 9.25. The van der Waals surface area contributed by atoms with Crippen LogP contribution in [-0.2, 0) is 19.5 Å². The number of aromatic nitrogens is 1. The van der Waals surface area contributed by atoms with Crippen molar-refractivity contribution in [3.8, 4) is 0 Å². The van der Waals surface area contributed by atoms with Crippen LogP contribution in [-0.4, -0.2) is 11.1 Å². The Morgan fingerprint density at radius 2 is 2.38 bits per heavy atom. The molecule has 0 spiro atoms. The van der Waals surface area contributed by atoms with Crippen LogP contribution >= 0.6 is 0 Å². The zero-order valence-electron chi connectivity index (χ0n) is 9.25. The number of oxazole rings is 1. The third-order valence-corrected chi connectivity index (χ3v) is 3.22. The molecule has 4 nitrogen and oxygen atoms in total. The molecule has 0 atom stereocenters. The van der Waals surface area contributed by atoms with Gasteiger partial charge in [-0.25, -0.2) is 4.79 Å². The Kier molecular flexibility index (Phi) is 2.11. The lowest BCUT2D eigenvalue weighted by molar-refractivity contribution is 0.508. The van der Waals surface area contributed by atoms with Crippen molar-refractivity contribution in [1.82, 2.24) is 9.88 Å². The summed E-state index contributed by atoms with van der Waals surface area (Å²) in [6.07, 6.45) is 0.934. The van der Waals surface area contributed by atoms with Crippen LogP contribution in [0.4, 0.5) is 0 Å². The number of rotatable bonds is 1. The number of aryl methyl sites for hydroxylation is 1. The molecule has 1 aromatic heterocycles. The maximum atomic E-state index is 11.6. The van der Waals surface area contributed by atoms with Crippen molar-refractivity contribution >= 4 is 11.1 Å². The maximum absolute atomic E-state index is 11.6. The Bertz CT molecular complexity index is 595. The molecule has 0 saturated carbocycles. The highest BCUT2D eigenvalue weighted by molar-refractivity contribution is 5.78. The van der Waals surface area contributed by atoms with Gasteiger partial charge in [0.05, 0.1) is 5.52 Å². The van der Waals surface area contributed by atoms with Gasteiger partial charge in [0, 0.05) is 18.7 Å². The summed E-state index contributed by atoms with van der Waals surface area (Å²) in [4.78, 5) is 11.6. The third-order valence-electron chi connectivity index (χ3n) is 3.22. The lowest BCUT2D eigenvalue weighted by Gasteiger charge is -2.16. The first kappa shape index (κ1) is 9.66. The van der Waals surface area contributed by atoms with Gasteiger partial charge >= 0.3 is 5.76 Å². The summed E-state index contributed by atoms with van der Waals surface area (Å²) in [5.74, 6) is -0.246. The molecule has 2 heterocycles. The van der Waals surface area contributed by atoms with Crippen LogP contribution in [0.1, 0.15) is 18.1 Å². The van der Waals surface area contributed by atoms with Gasteiger partial charge < -0.3 is 9.73 Å². The van der Waals surface area contributed by atoms with Crippen molar-refractivity contribution in [3.05, 3.63) is 33.8 Å². The second-order valence-corrected chi connectivity index (χ2v) is 4.09. The van der Waals surface area contributed by atoms with Gasteiger partial charge in [0.1, 0.15) is 0 Å². The minimum Gasteiger partial charge on any atom is -0.407 e. The number of hydrogen-bond acceptors (Lipinski definition) is 3. The summed E-state index contributed by atoms with van der Waals surface area (Å²) in [6.45, 7) is 4.43. The summed E-state index contributed by atoms with van der Waals surface area (Å²) < 4.78 is 7.05. The number of benzene rings is 1. The molecule has 84 valence electrons. The molecule has 0 aliphatic carbocycles. The topological polar surface area (TPSA) is 47.2 Å². The summed E-state index contributed by atoms with van der Waals surface area (Å²) in [7, 11) is 0. The van der Waals surface area contributed by atoms with Crippen molar-refractivity contribution in [3.63, 3.8) is 0 Å². The molecule has 16 heavy (non-hydrogen) atoms. The first-order valence-electron chi connectivity index (χ1n) is 5.66. The van der Waals surface area contributed by atoms with Crippen LogP contribution in [0.25, 0.3) is 11.1 Å². The Morgan fingerprint density at radius 3 is 3.19 bits per heavy atom. The van der Waals surface area contributed by atoms with E-state index < -0.39 is 0 Å². The highest BCUT2D eigenvalue weighted by Crippen LogP contribution is 2.24. The van der Waals surface area contributed by atoms with Crippen LogP contribution in [0, 0.1) is 0 Å². The van der Waals surface area contributed by atoms with E-state index in [-0.39, 0.29) is 5.76 Å². The lowest BCUT2D eigenvalue weighted by atomic mass is 10.00. The smallest absolute Gasteiger partial charge is 0.407 e. The predicted molar refractivity (Wildman–Crippen MR) is 61.6 cm³/mol. The normalized spacial score (nSPS) is 15.3. The molecule has 4 heteroatoms. The molecule has 1 aliphatic heterocycles. The summed E-state index contributed by atoms with van der Waals surface area (Å²) in [5, 5.41) is 3.31. The van der Waals surface area contributed by atoms with E-state index in [4.69, 9.17) is 4.42 Å². The molecule has 0 unspecified atom stereocenters. The second kappa shape index (κ2) is 3.49. The zero-order chi connectivity index (χ0) is 11.1. The molecule has 0 bridgehead atoms. The molecule has 0 saturated heterocycles. The second-order valence-electron chi connectivity index (χ2n) is 4.09. The van der Waals surface area contributed by atoms with Crippen molar-refractivity contribution in [2.75, 3.05) is 6.54 Å². The van der Waals surface area contributed by atoms with E-state index in [1.54, 1.807) is 4.57 Å². The van der Waals surface area contributed by atoms with Crippen molar-refractivity contribution in [1.29, 1.82) is 0 Å². The molecule has 1 aliphatic rings. The van der Waals surface area contributed by atoms with Crippen LogP contribution in [0.2, 0.25) is 0 Å². The molecule has 0 amide bonds. The van der Waals surface area contributed by atoms with Crippen LogP contribution in [0.5, 0.6) is 0 Å². The fraction of sp³-hybridized carbons (Fsp3) is 0.417. The van der Waals surface area contributed by atoms with Gasteiger partial charge in [-0.1, -0.05) is 6.07 Å². The predicted octanol–water partition coefficient (Wildman–Crippen LogP) is 1.26. The summed E-state index contributed by atoms with van der Waals surface area (Å²) in [6, 6.07) is 4.07. The summed E-state index contributed by atoms with van der Waals surface area (Å²) >= 11 is 0. The van der Waals surface area contributed by atoms with Gasteiger partial charge in [0.15, 0.2) is 5.58 Å². The van der Waals surface area contributed by atoms with Gasteiger partial charge in [0.2, 0.25) is 0 Å². The van der Waals surface area contributed by atoms with E-state index in [0.29, 0.717) is 6.54 Å². The maximum Gasteiger partial charge on any atom is 0.419 e. The number of fused-ring (bicyclic) bond motifs is 3. The van der Waals surface area contributed by atoms with Crippen LogP contribution in [0.3, 0.4) is 0 Å². The van der Waals surface area contributed by atoms with E-state index in [1.807, 2.05) is 13.0 Å². The highest BCUT2D eigenvalue weighted by Gasteiger charge is 2.17. The third kappa shape index (κ3) is 1.23. The molecular formula is C12H14N2O2. The Balaban J connectivity index is 2.36. The van der Waals surface area contributed by atoms with Crippen LogP contribution in [0.15, 0.2) is 21.3 Å². The highest BCUT2D eigenvalue weighted by atomic mass is 16.4. The van der Waals surface area contributed by atoms with E-state index in [2.05, 4.69) is 11.4 Å². The number of nitrogens with one attached hydrogen (secondary N) is 1. The lowest BCUT2D eigenvalue weighted by Crippen LogP contribution is -2.23. The van der Waals surface area contributed by atoms with Gasteiger partial charge in [-0.05, 0) is 31.5 Å². The SMILES string of the molecule is CCn1c(=O)oc2c3c(ccc21)CNCC3. The first-order chi connectivity index (χ1) is 7.81. The standard InChI is InChI=1S/C12H14N2O2/c1-2-14-10-4-3-8-7-13-6-5-9(8)11(10)16-12(14)15/h3-4,13H,2,5-7H2,1H3. The van der Waals surface area contributed by atoms with Gasteiger partial charge in [-0.2, -0.15) is 0 Å². The van der Waals surface area contributed by atoms with Crippen molar-refractivity contribution in [2.24, 2.45) is 0 Å². The van der Waals surface area contributed by atoms with E-state index in [0.717, 1.165) is 30.6 Å². The molecule has 1 N–H and O–H groups in total. The van der Waals surface area contributed by atoms with Gasteiger partial charge in [-0.3, -0.25) is 4.57 Å². The first-order valence-corrected chi connectivity index (χ1v) is 5.66. The molecule has 0 fully saturated rings. The number of nitrogens with zero attached hydrogens (tertiary/aromatic N) is 1. The quantitative estimate of drug-likeness (QED) is 0.783. The van der Waals surface area contributed by atoms with Crippen molar-refractivity contribution < 1.29 is 4.42 Å². The molecule has 1 aromatic carbocycles. The van der Waals surface area contributed by atoms with Crippen LogP contribution < -0.4 is 11.1 Å². The Morgan fingerprint density at radius 1 is 1.50 bits per heavy atom. The average molecular weight is 218 g/mol.